The van der Waals surface area contributed by atoms with Crippen LogP contribution in [0.2, 0.25) is 0 Å². The third-order valence-electron chi connectivity index (χ3n) is 7.46. The second-order valence-corrected chi connectivity index (χ2v) is 12.2. The first-order valence-electron chi connectivity index (χ1n) is 12.5. The van der Waals surface area contributed by atoms with Gasteiger partial charge < -0.3 is 19.1 Å². The van der Waals surface area contributed by atoms with Crippen LogP contribution in [0.15, 0.2) is 30.6 Å². The average molecular weight is 655 g/mol. The molecule has 0 aliphatic carbocycles. The summed E-state index contributed by atoms with van der Waals surface area (Å²) >= 11 is 2.31. The van der Waals surface area contributed by atoms with Gasteiger partial charge in [-0.05, 0) is 60.5 Å². The Bertz CT molecular complexity index is 1600. The van der Waals surface area contributed by atoms with Gasteiger partial charge in [0.1, 0.15) is 23.7 Å². The van der Waals surface area contributed by atoms with Gasteiger partial charge >= 0.3 is 0 Å². The first-order valence-corrected chi connectivity index (χ1v) is 16.6. The molecule has 12 heteroatoms. The lowest BCUT2D eigenvalue weighted by atomic mass is 9.78. The van der Waals surface area contributed by atoms with Gasteiger partial charge in [0.15, 0.2) is 11.5 Å². The number of halogens is 1. The second-order valence-electron chi connectivity index (χ2n) is 10.2. The van der Waals surface area contributed by atoms with Crippen molar-refractivity contribution in [1.82, 2.24) is 24.7 Å². The molecule has 2 aliphatic rings. The predicted octanol–water partition coefficient (Wildman–Crippen LogP) is 5.15. The van der Waals surface area contributed by atoms with Gasteiger partial charge in [-0.3, -0.25) is 0 Å². The lowest BCUT2D eigenvalue weighted by molar-refractivity contribution is -0.127. The fraction of sp³-hybridized carbons (Fsp3) is 0.370. The molecule has 4 aromatic rings. The van der Waals surface area contributed by atoms with E-state index in [0.29, 0.717) is 23.4 Å². The van der Waals surface area contributed by atoms with E-state index in [0.717, 1.165) is 71.1 Å². The minimum Gasteiger partial charge on any atom is -0.493 e. The number of nitrogens with zero attached hydrogens (tertiary/aromatic N) is 7. The van der Waals surface area contributed by atoms with Crippen LogP contribution in [0.5, 0.6) is 11.5 Å². The maximum absolute atomic E-state index is 9.98. The molecule has 200 valence electrons. The highest BCUT2D eigenvalue weighted by molar-refractivity contribution is 14.2. The first-order chi connectivity index (χ1) is 18.9. The van der Waals surface area contributed by atoms with Crippen molar-refractivity contribution in [3.05, 3.63) is 53.0 Å². The molecule has 1 aromatic carbocycles. The van der Waals surface area contributed by atoms with Crippen molar-refractivity contribution in [2.24, 2.45) is 5.41 Å². The summed E-state index contributed by atoms with van der Waals surface area (Å²) in [5, 5.41) is 24.0. The molecule has 0 N–H and O–H groups in total. The molecule has 3 aromatic heterocycles. The van der Waals surface area contributed by atoms with Gasteiger partial charge in [-0.25, -0.2) is 9.44 Å². The number of methoxy groups -OCH3 is 1. The van der Waals surface area contributed by atoms with E-state index in [1.54, 1.807) is 13.3 Å². The van der Waals surface area contributed by atoms with Crippen molar-refractivity contribution in [3.63, 3.8) is 0 Å². The van der Waals surface area contributed by atoms with Crippen LogP contribution in [0.1, 0.15) is 35.4 Å². The molecule has 2 saturated heterocycles. The number of aryl methyl sites for hydroxylation is 2. The number of aromatic nitrogens is 5. The van der Waals surface area contributed by atoms with E-state index in [1.165, 1.54) is 0 Å². The maximum Gasteiger partial charge on any atom is 0.162 e. The quantitative estimate of drug-likeness (QED) is 0.197. The number of pyridine rings is 1. The van der Waals surface area contributed by atoms with Crippen molar-refractivity contribution in [3.8, 4) is 28.8 Å². The van der Waals surface area contributed by atoms with Crippen LogP contribution >= 0.6 is 28.4 Å². The van der Waals surface area contributed by atoms with Gasteiger partial charge in [-0.1, -0.05) is 0 Å². The van der Waals surface area contributed by atoms with Crippen LogP contribution in [0.25, 0.3) is 22.2 Å². The standard InChI is InChI=1S/C27H27IN7O3P/c1-15-9-31-32-16(2)24(15)17(3)38-23-6-20-21(7-22(23)36-4)35(39-28)33-25(20)19-5-18(8-29)26(30-10-19)34-11-27(12-34)13-37-14-27/h5-7,9-10,17,39H,11-14H2,1-4H3/t17-/m1/s1. The highest BCUT2D eigenvalue weighted by atomic mass is 127. The fourth-order valence-corrected chi connectivity index (χ4v) is 7.05. The number of nitriles is 1. The molecule has 39 heavy (non-hydrogen) atoms. The summed E-state index contributed by atoms with van der Waals surface area (Å²) in [5.41, 5.74) is 6.07. The summed E-state index contributed by atoms with van der Waals surface area (Å²) < 4.78 is 19.5. The highest BCUT2D eigenvalue weighted by Gasteiger charge is 2.49. The SMILES string of the molecule is COc1cc2c(cc1O[C@H](C)c1c(C)cnnc1C)c(-c1cnc(N3CC4(COC4)C3)c(C#N)c1)nn2PI. The summed E-state index contributed by atoms with van der Waals surface area (Å²) in [6.45, 7) is 9.24. The molecular formula is C27H27IN7O3P. The summed E-state index contributed by atoms with van der Waals surface area (Å²) in [4.78, 5) is 6.88. The van der Waals surface area contributed by atoms with Crippen LogP contribution in [0.4, 0.5) is 5.82 Å². The van der Waals surface area contributed by atoms with Gasteiger partial charge in [0.05, 0.1) is 55.1 Å². The lowest BCUT2D eigenvalue weighted by Crippen LogP contribution is -2.66. The minimum absolute atomic E-state index is 0.235. The van der Waals surface area contributed by atoms with E-state index in [9.17, 15) is 5.26 Å². The average Bonchev–Trinajstić information content (AvgIpc) is 3.24. The molecule has 0 saturated carbocycles. The van der Waals surface area contributed by atoms with Crippen LogP contribution in [-0.2, 0) is 4.74 Å². The maximum atomic E-state index is 9.98. The summed E-state index contributed by atoms with van der Waals surface area (Å²) in [6.07, 6.45) is 3.65. The number of ether oxygens (including phenoxy) is 3. The minimum atomic E-state index is -0.274. The highest BCUT2D eigenvalue weighted by Crippen LogP contribution is 2.44. The molecule has 2 fully saturated rings. The van der Waals surface area contributed by atoms with Crippen molar-refractivity contribution >= 4 is 45.1 Å². The van der Waals surface area contributed by atoms with Crippen molar-refractivity contribution in [1.29, 1.82) is 5.26 Å². The van der Waals surface area contributed by atoms with E-state index in [4.69, 9.17) is 24.3 Å². The van der Waals surface area contributed by atoms with Crippen LogP contribution in [-0.4, -0.2) is 58.1 Å². The second kappa shape index (κ2) is 10.2. The summed E-state index contributed by atoms with van der Waals surface area (Å²) in [5.74, 6) is 1.94. The molecule has 0 amide bonds. The van der Waals surface area contributed by atoms with E-state index >= 15 is 0 Å². The van der Waals surface area contributed by atoms with Crippen LogP contribution in [0, 0.1) is 30.6 Å². The molecule has 0 bridgehead atoms. The van der Waals surface area contributed by atoms with E-state index < -0.39 is 0 Å². The van der Waals surface area contributed by atoms with E-state index in [-0.39, 0.29) is 11.5 Å². The predicted molar refractivity (Wildman–Crippen MR) is 158 cm³/mol. The molecule has 6 rings (SSSR count). The number of hydrogen-bond acceptors (Lipinski definition) is 9. The Morgan fingerprint density at radius 1 is 1.18 bits per heavy atom. The van der Waals surface area contributed by atoms with Crippen LogP contribution in [0.3, 0.4) is 0 Å². The number of fused-ring (bicyclic) bond motifs is 1. The summed E-state index contributed by atoms with van der Waals surface area (Å²) in [6, 6.07) is 8.15. The normalized spacial score (nSPS) is 16.8. The Balaban J connectivity index is 1.39. The first kappa shape index (κ1) is 26.2. The Kier molecular flexibility index (Phi) is 6.81. The van der Waals surface area contributed by atoms with Crippen molar-refractivity contribution in [2.45, 2.75) is 26.9 Å². The monoisotopic (exact) mass is 655 g/mol. The zero-order valence-corrected chi connectivity index (χ0v) is 25.2. The van der Waals surface area contributed by atoms with Gasteiger partial charge in [-0.15, -0.1) is 0 Å². The molecule has 2 atom stereocenters. The van der Waals surface area contributed by atoms with Gasteiger partial charge in [0.2, 0.25) is 0 Å². The molecular weight excluding hydrogens is 628 g/mol. The molecule has 5 heterocycles. The Morgan fingerprint density at radius 2 is 1.97 bits per heavy atom. The van der Waals surface area contributed by atoms with Gasteiger partial charge in [0, 0.05) is 41.9 Å². The number of anilines is 1. The van der Waals surface area contributed by atoms with Gasteiger partial charge in [0.25, 0.3) is 0 Å². The summed E-state index contributed by atoms with van der Waals surface area (Å²) in [7, 11) is 1.63. The van der Waals surface area contributed by atoms with Crippen molar-refractivity contribution in [2.75, 3.05) is 38.3 Å². The number of benzene rings is 1. The number of rotatable bonds is 7. The van der Waals surface area contributed by atoms with Crippen molar-refractivity contribution < 1.29 is 14.2 Å². The fourth-order valence-electron chi connectivity index (χ4n) is 5.53. The third kappa shape index (κ3) is 4.48. The Labute approximate surface area is 241 Å². The molecule has 2 aliphatic heterocycles. The van der Waals surface area contributed by atoms with E-state index in [2.05, 4.69) is 43.2 Å². The molecule has 1 spiro atoms. The van der Waals surface area contributed by atoms with Crippen LogP contribution < -0.4 is 14.4 Å². The smallest absolute Gasteiger partial charge is 0.162 e. The Morgan fingerprint density at radius 3 is 2.62 bits per heavy atom. The molecule has 0 radical (unpaired) electrons. The molecule has 10 nitrogen and oxygen atoms in total. The largest absolute Gasteiger partial charge is 0.493 e. The topological polar surface area (TPSA) is 111 Å². The van der Waals surface area contributed by atoms with Gasteiger partial charge in [-0.2, -0.15) is 20.6 Å². The lowest BCUT2D eigenvalue weighted by Gasteiger charge is -2.55. The zero-order chi connectivity index (χ0) is 27.3. The number of hydrogen-bond donors (Lipinski definition) is 0. The Hall–Kier alpha value is -3.07. The van der Waals surface area contributed by atoms with E-state index in [1.807, 2.05) is 49.6 Å². The molecule has 1 unspecified atom stereocenters. The third-order valence-corrected chi connectivity index (χ3v) is 9.33. The zero-order valence-electron chi connectivity index (χ0n) is 22.0.